The van der Waals surface area contributed by atoms with Gasteiger partial charge in [0, 0.05) is 22.1 Å². The highest BCUT2D eigenvalue weighted by Gasteiger charge is 2.13. The summed E-state index contributed by atoms with van der Waals surface area (Å²) in [5, 5.41) is 2.65. The van der Waals surface area contributed by atoms with Crippen molar-refractivity contribution in [1.29, 1.82) is 0 Å². The molecule has 0 spiro atoms. The second-order valence-electron chi connectivity index (χ2n) is 3.81. The Bertz CT molecular complexity index is 507. The van der Waals surface area contributed by atoms with Gasteiger partial charge in [-0.25, -0.2) is 9.97 Å². The lowest BCUT2D eigenvalue weighted by Gasteiger charge is -2.08. The summed E-state index contributed by atoms with van der Waals surface area (Å²) in [7, 11) is 0. The summed E-state index contributed by atoms with van der Waals surface area (Å²) < 4.78 is 0. The summed E-state index contributed by atoms with van der Waals surface area (Å²) in [5.74, 6) is 0. The molecule has 2 N–H and O–H groups in total. The van der Waals surface area contributed by atoms with Crippen LogP contribution in [0.15, 0.2) is 11.4 Å². The van der Waals surface area contributed by atoms with E-state index in [2.05, 4.69) is 30.7 Å². The molecule has 0 aromatic carbocycles. The van der Waals surface area contributed by atoms with Gasteiger partial charge in [0.05, 0.1) is 0 Å². The van der Waals surface area contributed by atoms with Crippen molar-refractivity contribution in [2.45, 2.75) is 31.0 Å². The molecule has 1 atom stereocenters. The van der Waals surface area contributed by atoms with Gasteiger partial charge >= 0.3 is 0 Å². The molecule has 2 heterocycles. The maximum Gasteiger partial charge on any atom is 0.128 e. The van der Waals surface area contributed by atoms with E-state index in [4.69, 9.17) is 5.73 Å². The molecule has 0 aliphatic rings. The van der Waals surface area contributed by atoms with Crippen molar-refractivity contribution in [3.8, 4) is 0 Å². The third-order valence-corrected chi connectivity index (χ3v) is 4.82. The van der Waals surface area contributed by atoms with Crippen molar-refractivity contribution in [2.75, 3.05) is 6.54 Å². The summed E-state index contributed by atoms with van der Waals surface area (Å²) in [4.78, 5) is 11.1. The summed E-state index contributed by atoms with van der Waals surface area (Å²) in [6.07, 6.45) is 1.64. The number of rotatable bonds is 3. The molecule has 2 aromatic rings. The fraction of sp³-hybridized carbons (Fsp3) is 0.455. The number of nitrogens with zero attached hydrogens (tertiary/aromatic N) is 2. The molecular weight excluding hydrogens is 238 g/mol. The number of aromatic nitrogens is 2. The minimum Gasteiger partial charge on any atom is -0.329 e. The second kappa shape index (κ2) is 4.69. The zero-order valence-corrected chi connectivity index (χ0v) is 11.3. The Morgan fingerprint density at radius 1 is 1.44 bits per heavy atom. The van der Waals surface area contributed by atoms with Crippen LogP contribution < -0.4 is 5.73 Å². The van der Waals surface area contributed by atoms with Crippen molar-refractivity contribution < 1.29 is 0 Å². The fourth-order valence-corrected chi connectivity index (χ4v) is 3.49. The average Bonchev–Trinajstić information content (AvgIpc) is 2.56. The number of thioether (sulfide) groups is 1. The Morgan fingerprint density at radius 3 is 2.88 bits per heavy atom. The molecule has 0 aliphatic carbocycles. The fourth-order valence-electron chi connectivity index (χ4n) is 1.48. The largest absolute Gasteiger partial charge is 0.329 e. The summed E-state index contributed by atoms with van der Waals surface area (Å²) in [5.41, 5.74) is 6.94. The SMILES string of the molecule is Cc1sc2ncnc(SC(C)CN)c2c1C. The number of nitrogens with two attached hydrogens (primary N) is 1. The molecule has 86 valence electrons. The van der Waals surface area contributed by atoms with Crippen LogP contribution >= 0.6 is 23.1 Å². The minimum atomic E-state index is 0.387. The zero-order valence-electron chi connectivity index (χ0n) is 9.65. The van der Waals surface area contributed by atoms with E-state index in [0.717, 1.165) is 9.86 Å². The first-order chi connectivity index (χ1) is 7.63. The first-order valence-electron chi connectivity index (χ1n) is 5.21. The van der Waals surface area contributed by atoms with E-state index in [1.165, 1.54) is 15.8 Å². The number of fused-ring (bicyclic) bond motifs is 1. The molecule has 0 fully saturated rings. The van der Waals surface area contributed by atoms with E-state index in [1.807, 2.05) is 0 Å². The average molecular weight is 253 g/mol. The lowest BCUT2D eigenvalue weighted by Crippen LogP contribution is -2.12. The Balaban J connectivity index is 2.52. The molecule has 0 radical (unpaired) electrons. The van der Waals surface area contributed by atoms with Gasteiger partial charge in [-0.05, 0) is 19.4 Å². The van der Waals surface area contributed by atoms with Crippen LogP contribution in [-0.4, -0.2) is 21.8 Å². The van der Waals surface area contributed by atoms with Crippen LogP contribution in [0.5, 0.6) is 0 Å². The van der Waals surface area contributed by atoms with Gasteiger partial charge in [-0.15, -0.1) is 23.1 Å². The molecule has 0 amide bonds. The Hall–Kier alpha value is -0.650. The highest BCUT2D eigenvalue weighted by Crippen LogP contribution is 2.35. The number of hydrogen-bond acceptors (Lipinski definition) is 5. The van der Waals surface area contributed by atoms with Gasteiger partial charge in [0.2, 0.25) is 0 Å². The Kier molecular flexibility index (Phi) is 3.47. The summed E-state index contributed by atoms with van der Waals surface area (Å²) >= 11 is 3.46. The molecule has 2 rings (SSSR count). The second-order valence-corrected chi connectivity index (χ2v) is 6.44. The van der Waals surface area contributed by atoms with E-state index in [0.29, 0.717) is 11.8 Å². The predicted octanol–water partition coefficient (Wildman–Crippen LogP) is 2.75. The predicted molar refractivity (Wildman–Crippen MR) is 71.3 cm³/mol. The van der Waals surface area contributed by atoms with Gasteiger partial charge in [-0.2, -0.15) is 0 Å². The van der Waals surface area contributed by atoms with Crippen molar-refractivity contribution in [3.05, 3.63) is 16.8 Å². The van der Waals surface area contributed by atoms with Crippen molar-refractivity contribution in [3.63, 3.8) is 0 Å². The van der Waals surface area contributed by atoms with Crippen molar-refractivity contribution >= 4 is 33.3 Å². The minimum absolute atomic E-state index is 0.387. The maximum absolute atomic E-state index is 5.65. The van der Waals surface area contributed by atoms with Gasteiger partial charge in [0.15, 0.2) is 0 Å². The molecule has 0 aliphatic heterocycles. The van der Waals surface area contributed by atoms with Crippen LogP contribution in [0.2, 0.25) is 0 Å². The Labute approximate surface area is 103 Å². The first-order valence-corrected chi connectivity index (χ1v) is 6.90. The molecule has 3 nitrogen and oxygen atoms in total. The normalized spacial score (nSPS) is 13.2. The van der Waals surface area contributed by atoms with E-state index in [1.54, 1.807) is 29.4 Å². The monoisotopic (exact) mass is 253 g/mol. The zero-order chi connectivity index (χ0) is 11.7. The molecule has 16 heavy (non-hydrogen) atoms. The molecule has 0 bridgehead atoms. The van der Waals surface area contributed by atoms with Gasteiger partial charge in [-0.1, -0.05) is 6.92 Å². The highest BCUT2D eigenvalue weighted by molar-refractivity contribution is 8.00. The standard InChI is InChI=1S/C11H15N3S2/c1-6(4-12)15-10-9-7(2)8(3)16-11(9)14-5-13-10/h5-6H,4,12H2,1-3H3. The number of hydrogen-bond donors (Lipinski definition) is 1. The molecule has 5 heteroatoms. The van der Waals surface area contributed by atoms with Gasteiger partial charge < -0.3 is 5.73 Å². The summed E-state index contributed by atoms with van der Waals surface area (Å²) in [6, 6.07) is 0. The molecular formula is C11H15N3S2. The molecule has 2 aromatic heterocycles. The molecule has 0 saturated carbocycles. The summed E-state index contributed by atoms with van der Waals surface area (Å²) in [6.45, 7) is 7.04. The number of aryl methyl sites for hydroxylation is 2. The van der Waals surface area contributed by atoms with Crippen LogP contribution in [-0.2, 0) is 0 Å². The van der Waals surface area contributed by atoms with Crippen LogP contribution in [0.25, 0.3) is 10.2 Å². The van der Waals surface area contributed by atoms with E-state index in [9.17, 15) is 0 Å². The van der Waals surface area contributed by atoms with E-state index in [-0.39, 0.29) is 0 Å². The van der Waals surface area contributed by atoms with Crippen molar-refractivity contribution in [2.24, 2.45) is 5.73 Å². The quantitative estimate of drug-likeness (QED) is 0.675. The van der Waals surface area contributed by atoms with Crippen molar-refractivity contribution in [1.82, 2.24) is 9.97 Å². The van der Waals surface area contributed by atoms with Crippen LogP contribution in [0, 0.1) is 13.8 Å². The third-order valence-electron chi connectivity index (χ3n) is 2.58. The van der Waals surface area contributed by atoms with E-state index >= 15 is 0 Å². The van der Waals surface area contributed by atoms with Gasteiger partial charge in [0.25, 0.3) is 0 Å². The van der Waals surface area contributed by atoms with Crippen LogP contribution in [0.4, 0.5) is 0 Å². The molecule has 0 saturated heterocycles. The Morgan fingerprint density at radius 2 is 2.19 bits per heavy atom. The van der Waals surface area contributed by atoms with Crippen LogP contribution in [0.1, 0.15) is 17.4 Å². The maximum atomic E-state index is 5.65. The van der Waals surface area contributed by atoms with E-state index < -0.39 is 0 Å². The first kappa shape index (κ1) is 11.8. The molecule has 1 unspecified atom stereocenters. The van der Waals surface area contributed by atoms with Gasteiger partial charge in [0.1, 0.15) is 16.2 Å². The lowest BCUT2D eigenvalue weighted by atomic mass is 10.2. The topological polar surface area (TPSA) is 51.8 Å². The number of thiophene rings is 1. The van der Waals surface area contributed by atoms with Crippen LogP contribution in [0.3, 0.4) is 0 Å². The highest BCUT2D eigenvalue weighted by atomic mass is 32.2. The smallest absolute Gasteiger partial charge is 0.128 e. The lowest BCUT2D eigenvalue weighted by molar-refractivity contribution is 0.945. The van der Waals surface area contributed by atoms with Gasteiger partial charge in [-0.3, -0.25) is 0 Å². The third kappa shape index (κ3) is 2.07.